The minimum atomic E-state index is -0.101. The molecule has 9 heteroatoms. The van der Waals surface area contributed by atoms with Crippen molar-refractivity contribution in [3.8, 4) is 0 Å². The first kappa shape index (κ1) is 16.8. The quantitative estimate of drug-likeness (QED) is 0.870. The molecule has 1 aliphatic heterocycles. The van der Waals surface area contributed by atoms with Gasteiger partial charge in [0.2, 0.25) is 5.13 Å². The third-order valence-electron chi connectivity index (χ3n) is 4.18. The zero-order valence-electron chi connectivity index (χ0n) is 14.2. The molecule has 2 aromatic rings. The number of carbonyl (C=O) groups is 1. The van der Waals surface area contributed by atoms with Crippen molar-refractivity contribution in [2.75, 3.05) is 25.1 Å². The Bertz CT molecular complexity index is 685. The average molecular weight is 350 g/mol. The number of carbonyl (C=O) groups excluding carboxylic acids is 1. The summed E-state index contributed by atoms with van der Waals surface area (Å²) >= 11 is 1.40. The van der Waals surface area contributed by atoms with E-state index in [1.54, 1.807) is 11.8 Å². The zero-order chi connectivity index (χ0) is 17.1. The van der Waals surface area contributed by atoms with Gasteiger partial charge in [-0.05, 0) is 25.8 Å². The Morgan fingerprint density at radius 3 is 2.83 bits per heavy atom. The molecule has 1 N–H and O–H groups in total. The van der Waals surface area contributed by atoms with Crippen LogP contribution in [-0.4, -0.2) is 51.3 Å². The molecule has 2 aromatic heterocycles. The highest BCUT2D eigenvalue weighted by molar-refractivity contribution is 7.09. The smallest absolute Gasteiger partial charge is 0.272 e. The average Bonchev–Trinajstić information content (AvgIpc) is 3.16. The van der Waals surface area contributed by atoms with Gasteiger partial charge in [-0.1, -0.05) is 0 Å². The summed E-state index contributed by atoms with van der Waals surface area (Å²) in [6, 6.07) is 1.98. The van der Waals surface area contributed by atoms with E-state index in [-0.39, 0.29) is 11.9 Å². The Morgan fingerprint density at radius 1 is 1.46 bits per heavy atom. The summed E-state index contributed by atoms with van der Waals surface area (Å²) in [5, 5.41) is 8.23. The van der Waals surface area contributed by atoms with Crippen molar-refractivity contribution in [3.05, 3.63) is 23.3 Å². The predicted molar refractivity (Wildman–Crippen MR) is 91.3 cm³/mol. The molecule has 1 amide bonds. The number of ether oxygens (including phenoxy) is 1. The van der Waals surface area contributed by atoms with Crippen molar-refractivity contribution in [3.63, 3.8) is 0 Å². The molecule has 0 radical (unpaired) electrons. The molecule has 3 heterocycles. The number of nitrogens with one attached hydrogen (secondary N) is 1. The van der Waals surface area contributed by atoms with Gasteiger partial charge in [-0.3, -0.25) is 9.48 Å². The minimum Gasteiger partial charge on any atom is -0.377 e. The van der Waals surface area contributed by atoms with Gasteiger partial charge >= 0.3 is 0 Å². The minimum absolute atomic E-state index is 0.101. The van der Waals surface area contributed by atoms with Gasteiger partial charge in [-0.25, -0.2) is 4.98 Å². The van der Waals surface area contributed by atoms with E-state index < -0.39 is 0 Å². The normalized spacial score (nSPS) is 15.7. The van der Waals surface area contributed by atoms with Crippen LogP contribution < -0.4 is 10.2 Å². The van der Waals surface area contributed by atoms with Crippen molar-refractivity contribution in [2.24, 2.45) is 7.05 Å². The van der Waals surface area contributed by atoms with Crippen molar-refractivity contribution < 1.29 is 9.53 Å². The van der Waals surface area contributed by atoms with Crippen molar-refractivity contribution in [1.29, 1.82) is 0 Å². The fourth-order valence-electron chi connectivity index (χ4n) is 2.71. The zero-order valence-corrected chi connectivity index (χ0v) is 15.0. The number of hydrogen-bond donors (Lipinski definition) is 1. The fourth-order valence-corrected chi connectivity index (χ4v) is 3.43. The maximum absolute atomic E-state index is 12.3. The van der Waals surface area contributed by atoms with Gasteiger partial charge in [0, 0.05) is 50.5 Å². The molecular weight excluding hydrogens is 328 g/mol. The summed E-state index contributed by atoms with van der Waals surface area (Å²) in [7, 11) is 3.47. The lowest BCUT2D eigenvalue weighted by molar-refractivity contribution is 0.0925. The van der Waals surface area contributed by atoms with Gasteiger partial charge in [0.1, 0.15) is 12.3 Å². The highest BCUT2D eigenvalue weighted by Crippen LogP contribution is 2.22. The molecule has 8 nitrogen and oxygen atoms in total. The Balaban J connectivity index is 1.52. The number of nitrogens with zero attached hydrogens (tertiary/aromatic N) is 5. The first-order chi connectivity index (χ1) is 11.6. The lowest BCUT2D eigenvalue weighted by Gasteiger charge is -2.31. The van der Waals surface area contributed by atoms with Crippen LogP contribution in [0.25, 0.3) is 0 Å². The van der Waals surface area contributed by atoms with E-state index in [0.717, 1.165) is 42.6 Å². The number of hydrogen-bond acceptors (Lipinski definition) is 7. The Kier molecular flexibility index (Phi) is 5.10. The second-order valence-corrected chi connectivity index (χ2v) is 6.69. The van der Waals surface area contributed by atoms with Crippen molar-refractivity contribution in [2.45, 2.75) is 32.4 Å². The van der Waals surface area contributed by atoms with E-state index >= 15 is 0 Å². The van der Waals surface area contributed by atoms with Crippen LogP contribution in [-0.2, 0) is 18.4 Å². The van der Waals surface area contributed by atoms with E-state index in [1.165, 1.54) is 11.5 Å². The van der Waals surface area contributed by atoms with Crippen LogP contribution >= 0.6 is 11.5 Å². The van der Waals surface area contributed by atoms with Crippen molar-refractivity contribution >= 4 is 22.6 Å². The van der Waals surface area contributed by atoms with Crippen molar-refractivity contribution in [1.82, 2.24) is 24.5 Å². The maximum Gasteiger partial charge on any atom is 0.272 e. The van der Waals surface area contributed by atoms with Gasteiger partial charge in [0.25, 0.3) is 5.91 Å². The third-order valence-corrected chi connectivity index (χ3v) is 4.99. The van der Waals surface area contributed by atoms with Crippen LogP contribution in [0.2, 0.25) is 0 Å². The molecular formula is C15H22N6O2S. The Hall–Kier alpha value is -2.00. The molecule has 1 aliphatic rings. The highest BCUT2D eigenvalue weighted by Gasteiger charge is 2.24. The highest BCUT2D eigenvalue weighted by atomic mass is 32.1. The van der Waals surface area contributed by atoms with Gasteiger partial charge in [0.15, 0.2) is 5.82 Å². The van der Waals surface area contributed by atoms with E-state index in [0.29, 0.717) is 12.3 Å². The fraction of sp³-hybridized carbons (Fsp3) is 0.600. The molecule has 1 fully saturated rings. The number of methoxy groups -OCH3 is 1. The topological polar surface area (TPSA) is 85.2 Å². The number of aryl methyl sites for hydroxylation is 2. The van der Waals surface area contributed by atoms with Gasteiger partial charge in [-0.2, -0.15) is 9.47 Å². The molecule has 1 saturated heterocycles. The SMILES string of the molecule is COCc1nsc(N2CCC(NC(=O)c3cc(C)n(C)n3)CC2)n1. The maximum atomic E-state index is 12.3. The molecule has 24 heavy (non-hydrogen) atoms. The molecule has 3 rings (SSSR count). The summed E-state index contributed by atoms with van der Waals surface area (Å²) in [6.07, 6.45) is 1.77. The van der Waals surface area contributed by atoms with E-state index in [9.17, 15) is 4.79 Å². The number of aromatic nitrogens is 4. The molecule has 130 valence electrons. The van der Waals surface area contributed by atoms with E-state index in [2.05, 4.69) is 24.7 Å². The number of amides is 1. The van der Waals surface area contributed by atoms with Crippen LogP contribution in [0.4, 0.5) is 5.13 Å². The second kappa shape index (κ2) is 7.27. The van der Waals surface area contributed by atoms with Crippen LogP contribution in [0.1, 0.15) is 34.8 Å². The summed E-state index contributed by atoms with van der Waals surface area (Å²) in [4.78, 5) is 19.0. The van der Waals surface area contributed by atoms with Crippen LogP contribution in [0, 0.1) is 6.92 Å². The first-order valence-electron chi connectivity index (χ1n) is 7.95. The molecule has 0 atom stereocenters. The van der Waals surface area contributed by atoms with Gasteiger partial charge < -0.3 is 15.0 Å². The number of rotatable bonds is 5. The van der Waals surface area contributed by atoms with Crippen LogP contribution in [0.5, 0.6) is 0 Å². The van der Waals surface area contributed by atoms with Gasteiger partial charge in [-0.15, -0.1) is 0 Å². The molecule has 0 spiro atoms. The Labute approximate surface area is 145 Å². The standard InChI is InChI=1S/C15H22N6O2S/c1-10-8-12(18-20(10)2)14(22)16-11-4-6-21(7-5-11)15-17-13(9-23-3)19-24-15/h8,11H,4-7,9H2,1-3H3,(H,16,22). The first-order valence-corrected chi connectivity index (χ1v) is 8.72. The molecule has 0 aliphatic carbocycles. The lowest BCUT2D eigenvalue weighted by atomic mass is 10.1. The Morgan fingerprint density at radius 2 is 2.21 bits per heavy atom. The number of anilines is 1. The molecule has 0 saturated carbocycles. The third kappa shape index (κ3) is 3.73. The van der Waals surface area contributed by atoms with Crippen LogP contribution in [0.3, 0.4) is 0 Å². The second-order valence-electron chi connectivity index (χ2n) is 5.96. The molecule has 0 unspecified atom stereocenters. The van der Waals surface area contributed by atoms with E-state index in [1.807, 2.05) is 20.0 Å². The lowest BCUT2D eigenvalue weighted by Crippen LogP contribution is -2.44. The predicted octanol–water partition coefficient (Wildman–Crippen LogP) is 1.13. The number of piperidine rings is 1. The monoisotopic (exact) mass is 350 g/mol. The van der Waals surface area contributed by atoms with Crippen LogP contribution in [0.15, 0.2) is 6.07 Å². The summed E-state index contributed by atoms with van der Waals surface area (Å²) in [5.74, 6) is 0.619. The van der Waals surface area contributed by atoms with E-state index in [4.69, 9.17) is 4.74 Å². The molecule has 0 bridgehead atoms. The molecule has 0 aromatic carbocycles. The summed E-state index contributed by atoms with van der Waals surface area (Å²) in [5.41, 5.74) is 1.45. The largest absolute Gasteiger partial charge is 0.377 e. The summed E-state index contributed by atoms with van der Waals surface area (Å²) in [6.45, 7) is 4.08. The summed E-state index contributed by atoms with van der Waals surface area (Å²) < 4.78 is 11.0. The van der Waals surface area contributed by atoms with Gasteiger partial charge in [0.05, 0.1) is 0 Å².